The van der Waals surface area contributed by atoms with Gasteiger partial charge in [0, 0.05) is 0 Å². The van der Waals surface area contributed by atoms with Crippen molar-refractivity contribution in [2.45, 2.75) is 51.0 Å². The largest absolute Gasteiger partial charge is 0.373 e. The lowest BCUT2D eigenvalue weighted by atomic mass is 9.86. The summed E-state index contributed by atoms with van der Waals surface area (Å²) in [5.74, 6) is 1.05. The number of rotatable bonds is 3. The van der Waals surface area contributed by atoms with Crippen molar-refractivity contribution in [2.24, 2.45) is 5.92 Å². The van der Waals surface area contributed by atoms with Crippen LogP contribution >= 0.6 is 0 Å². The minimum absolute atomic E-state index is 0.664. The molecule has 0 N–H and O–H groups in total. The summed E-state index contributed by atoms with van der Waals surface area (Å²) in [5.41, 5.74) is 0. The van der Waals surface area contributed by atoms with E-state index in [2.05, 4.69) is 0 Å². The fourth-order valence-corrected chi connectivity index (χ4v) is 2.13. The Bertz CT molecular complexity index is 112. The molecule has 1 nitrogen and oxygen atoms in total. The van der Waals surface area contributed by atoms with Crippen LogP contribution in [-0.2, 0) is 4.74 Å². The van der Waals surface area contributed by atoms with E-state index >= 15 is 0 Å². The highest BCUT2D eigenvalue weighted by Gasteiger charge is 2.23. The SMILES string of the molecule is C1CCC(CCC2CO2)CC1. The molecule has 11 heavy (non-hydrogen) atoms. The van der Waals surface area contributed by atoms with E-state index in [9.17, 15) is 0 Å². The van der Waals surface area contributed by atoms with Gasteiger partial charge in [-0.1, -0.05) is 32.1 Å². The third kappa shape index (κ3) is 2.48. The van der Waals surface area contributed by atoms with E-state index in [1.165, 1.54) is 44.9 Å². The smallest absolute Gasteiger partial charge is 0.0810 e. The van der Waals surface area contributed by atoms with Gasteiger partial charge in [0.1, 0.15) is 0 Å². The Kier molecular flexibility index (Phi) is 2.47. The van der Waals surface area contributed by atoms with Crippen LogP contribution in [0.3, 0.4) is 0 Å². The first-order valence-corrected chi connectivity index (χ1v) is 5.07. The zero-order valence-electron chi connectivity index (χ0n) is 7.22. The van der Waals surface area contributed by atoms with E-state index in [0.717, 1.165) is 12.5 Å². The van der Waals surface area contributed by atoms with Crippen LogP contribution in [0.5, 0.6) is 0 Å². The van der Waals surface area contributed by atoms with E-state index in [0.29, 0.717) is 6.10 Å². The van der Waals surface area contributed by atoms with Crippen molar-refractivity contribution < 1.29 is 4.74 Å². The first-order valence-electron chi connectivity index (χ1n) is 5.07. The van der Waals surface area contributed by atoms with Gasteiger partial charge in [-0.2, -0.15) is 0 Å². The minimum atomic E-state index is 0.664. The van der Waals surface area contributed by atoms with Gasteiger partial charge in [-0.3, -0.25) is 0 Å². The molecule has 0 bridgehead atoms. The molecule has 0 aromatic rings. The first-order chi connectivity index (χ1) is 5.45. The van der Waals surface area contributed by atoms with E-state index in [-0.39, 0.29) is 0 Å². The molecule has 1 saturated heterocycles. The Labute approximate surface area is 69.1 Å². The highest BCUT2D eigenvalue weighted by Crippen LogP contribution is 2.29. The van der Waals surface area contributed by atoms with Crippen molar-refractivity contribution in [1.82, 2.24) is 0 Å². The molecule has 1 heterocycles. The van der Waals surface area contributed by atoms with Crippen LogP contribution < -0.4 is 0 Å². The fourth-order valence-electron chi connectivity index (χ4n) is 2.13. The predicted octanol–water partition coefficient (Wildman–Crippen LogP) is 2.75. The Morgan fingerprint density at radius 2 is 1.73 bits per heavy atom. The molecule has 0 radical (unpaired) electrons. The third-order valence-electron chi connectivity index (χ3n) is 3.02. The molecule has 64 valence electrons. The normalized spacial score (nSPS) is 32.2. The third-order valence-corrected chi connectivity index (χ3v) is 3.02. The van der Waals surface area contributed by atoms with E-state index in [1.807, 2.05) is 0 Å². The lowest BCUT2D eigenvalue weighted by Gasteiger charge is -2.20. The second-order valence-corrected chi connectivity index (χ2v) is 4.04. The molecule has 1 aliphatic heterocycles. The topological polar surface area (TPSA) is 12.5 Å². The maximum absolute atomic E-state index is 5.20. The van der Waals surface area contributed by atoms with Crippen LogP contribution in [0.2, 0.25) is 0 Å². The van der Waals surface area contributed by atoms with Gasteiger partial charge >= 0.3 is 0 Å². The van der Waals surface area contributed by atoms with Gasteiger partial charge in [0.25, 0.3) is 0 Å². The maximum atomic E-state index is 5.20. The maximum Gasteiger partial charge on any atom is 0.0810 e. The summed E-state index contributed by atoms with van der Waals surface area (Å²) in [6, 6.07) is 0. The first kappa shape index (κ1) is 7.60. The summed E-state index contributed by atoms with van der Waals surface area (Å²) in [6.45, 7) is 1.05. The monoisotopic (exact) mass is 154 g/mol. The number of hydrogen-bond donors (Lipinski definition) is 0. The summed E-state index contributed by atoms with van der Waals surface area (Å²) in [5, 5.41) is 0. The molecule has 0 aromatic carbocycles. The zero-order valence-corrected chi connectivity index (χ0v) is 7.22. The average Bonchev–Trinajstić information content (AvgIpc) is 2.86. The molecule has 0 spiro atoms. The van der Waals surface area contributed by atoms with Gasteiger partial charge in [-0.25, -0.2) is 0 Å². The van der Waals surface area contributed by atoms with Gasteiger partial charge in [0.15, 0.2) is 0 Å². The van der Waals surface area contributed by atoms with E-state index < -0.39 is 0 Å². The average molecular weight is 154 g/mol. The second kappa shape index (κ2) is 3.57. The molecule has 0 aromatic heterocycles. The number of ether oxygens (including phenoxy) is 1. The van der Waals surface area contributed by atoms with Crippen molar-refractivity contribution >= 4 is 0 Å². The molecule has 1 unspecified atom stereocenters. The Balaban J connectivity index is 1.59. The quantitative estimate of drug-likeness (QED) is 0.569. The highest BCUT2D eigenvalue weighted by atomic mass is 16.6. The van der Waals surface area contributed by atoms with Crippen molar-refractivity contribution in [2.75, 3.05) is 6.61 Å². The summed E-state index contributed by atoms with van der Waals surface area (Å²) in [7, 11) is 0. The minimum Gasteiger partial charge on any atom is -0.373 e. The van der Waals surface area contributed by atoms with Gasteiger partial charge in [0.05, 0.1) is 12.7 Å². The van der Waals surface area contributed by atoms with Crippen molar-refractivity contribution in [3.8, 4) is 0 Å². The molecular formula is C10H18O. The lowest BCUT2D eigenvalue weighted by Crippen LogP contribution is -2.06. The number of hydrogen-bond acceptors (Lipinski definition) is 1. The van der Waals surface area contributed by atoms with Gasteiger partial charge < -0.3 is 4.74 Å². The van der Waals surface area contributed by atoms with Crippen LogP contribution in [0.15, 0.2) is 0 Å². The lowest BCUT2D eigenvalue weighted by molar-refractivity contribution is 0.309. The number of epoxide rings is 1. The second-order valence-electron chi connectivity index (χ2n) is 4.04. The van der Waals surface area contributed by atoms with Gasteiger partial charge in [-0.15, -0.1) is 0 Å². The molecular weight excluding hydrogens is 136 g/mol. The van der Waals surface area contributed by atoms with E-state index in [4.69, 9.17) is 4.74 Å². The van der Waals surface area contributed by atoms with Crippen molar-refractivity contribution in [1.29, 1.82) is 0 Å². The zero-order chi connectivity index (χ0) is 7.52. The van der Waals surface area contributed by atoms with Gasteiger partial charge in [0.2, 0.25) is 0 Å². The Morgan fingerprint density at radius 1 is 1.00 bits per heavy atom. The van der Waals surface area contributed by atoms with Crippen LogP contribution in [0, 0.1) is 5.92 Å². The summed E-state index contributed by atoms with van der Waals surface area (Å²) in [6.07, 6.45) is 10.9. The van der Waals surface area contributed by atoms with Crippen molar-refractivity contribution in [3.05, 3.63) is 0 Å². The standard InChI is InChI=1S/C10H18O/c1-2-4-9(5-3-1)6-7-10-8-11-10/h9-10H,1-8H2. The molecule has 2 fully saturated rings. The molecule has 2 rings (SSSR count). The van der Waals surface area contributed by atoms with Crippen molar-refractivity contribution in [3.63, 3.8) is 0 Å². The molecule has 1 heteroatoms. The van der Waals surface area contributed by atoms with E-state index in [1.54, 1.807) is 0 Å². The summed E-state index contributed by atoms with van der Waals surface area (Å²) < 4.78 is 5.20. The summed E-state index contributed by atoms with van der Waals surface area (Å²) in [4.78, 5) is 0. The van der Waals surface area contributed by atoms with Crippen LogP contribution in [0.1, 0.15) is 44.9 Å². The van der Waals surface area contributed by atoms with Crippen LogP contribution in [0.25, 0.3) is 0 Å². The molecule has 1 aliphatic carbocycles. The van der Waals surface area contributed by atoms with Gasteiger partial charge in [-0.05, 0) is 18.8 Å². The van der Waals surface area contributed by atoms with Crippen LogP contribution in [0.4, 0.5) is 0 Å². The fraction of sp³-hybridized carbons (Fsp3) is 1.00. The predicted molar refractivity (Wildman–Crippen MR) is 45.5 cm³/mol. The Hall–Kier alpha value is -0.0400. The molecule has 1 atom stereocenters. The Morgan fingerprint density at radius 3 is 2.36 bits per heavy atom. The van der Waals surface area contributed by atoms with Crippen LogP contribution in [-0.4, -0.2) is 12.7 Å². The highest BCUT2D eigenvalue weighted by molar-refractivity contribution is 4.73. The molecule has 1 saturated carbocycles. The summed E-state index contributed by atoms with van der Waals surface area (Å²) >= 11 is 0. The molecule has 2 aliphatic rings. The molecule has 0 amide bonds.